The Morgan fingerprint density at radius 1 is 1.09 bits per heavy atom. The Morgan fingerprint density at radius 3 is 2.18 bits per heavy atom. The number of alkyl halides is 3. The van der Waals surface area contributed by atoms with Crippen LogP contribution in [-0.2, 0) is 11.0 Å². The smallest absolute Gasteiger partial charge is 0.416 e. The van der Waals surface area contributed by atoms with Crippen LogP contribution in [0.4, 0.5) is 13.2 Å². The van der Waals surface area contributed by atoms with E-state index in [0.717, 1.165) is 12.1 Å². The Hall–Kier alpha value is -2.05. The highest BCUT2D eigenvalue weighted by Gasteiger charge is 2.30. The van der Waals surface area contributed by atoms with Gasteiger partial charge in [-0.3, -0.25) is 0 Å². The fourth-order valence-corrected chi connectivity index (χ4v) is 2.14. The van der Waals surface area contributed by atoms with Crippen LogP contribution in [0, 0.1) is 0 Å². The molecule has 0 aliphatic heterocycles. The van der Waals surface area contributed by atoms with Crippen LogP contribution >= 0.6 is 11.6 Å². The summed E-state index contributed by atoms with van der Waals surface area (Å²) in [4.78, 5) is 10.8. The molecule has 0 saturated carbocycles. The van der Waals surface area contributed by atoms with E-state index in [1.807, 2.05) is 0 Å². The summed E-state index contributed by atoms with van der Waals surface area (Å²) in [5.41, 5.74) is 0.0199. The average molecular weight is 331 g/mol. The van der Waals surface area contributed by atoms with Gasteiger partial charge in [0.2, 0.25) is 0 Å². The summed E-state index contributed by atoms with van der Waals surface area (Å²) in [6.07, 6.45) is -6.17. The Morgan fingerprint density at radius 2 is 1.68 bits per heavy atom. The van der Waals surface area contributed by atoms with E-state index >= 15 is 0 Å². The molecule has 3 nitrogen and oxygen atoms in total. The lowest BCUT2D eigenvalue weighted by atomic mass is 9.99. The number of aliphatic hydroxyl groups excluding tert-OH is 1. The van der Waals surface area contributed by atoms with E-state index in [1.165, 1.54) is 30.3 Å². The summed E-state index contributed by atoms with van der Waals surface area (Å²) >= 11 is 5.99. The number of hydrogen-bond donors (Lipinski definition) is 2. The second-order valence-electron chi connectivity index (χ2n) is 4.56. The maximum atomic E-state index is 12.5. The topological polar surface area (TPSA) is 57.5 Å². The summed E-state index contributed by atoms with van der Waals surface area (Å²) in [6, 6.07) is 8.36. The number of carboxylic acids is 1. The van der Waals surface area contributed by atoms with Gasteiger partial charge in [-0.25, -0.2) is 4.79 Å². The molecule has 116 valence electrons. The molecule has 0 aliphatic rings. The van der Waals surface area contributed by atoms with Crippen LogP contribution in [-0.4, -0.2) is 16.2 Å². The third-order valence-electron chi connectivity index (χ3n) is 3.06. The average Bonchev–Trinajstić information content (AvgIpc) is 2.46. The van der Waals surface area contributed by atoms with Crippen molar-refractivity contribution in [2.45, 2.75) is 12.3 Å². The third kappa shape index (κ3) is 3.40. The van der Waals surface area contributed by atoms with Crippen LogP contribution in [0.3, 0.4) is 0 Å². The van der Waals surface area contributed by atoms with E-state index in [4.69, 9.17) is 16.7 Å². The van der Waals surface area contributed by atoms with Crippen molar-refractivity contribution in [2.24, 2.45) is 0 Å². The zero-order valence-corrected chi connectivity index (χ0v) is 11.7. The quantitative estimate of drug-likeness (QED) is 0.889. The van der Waals surface area contributed by atoms with Crippen molar-refractivity contribution < 1.29 is 28.2 Å². The molecular formula is C15H10ClF3O3. The van der Waals surface area contributed by atoms with Gasteiger partial charge in [0.25, 0.3) is 0 Å². The number of aliphatic hydroxyl groups is 1. The number of aliphatic carboxylic acids is 1. The summed E-state index contributed by atoms with van der Waals surface area (Å²) in [5, 5.41) is 18.5. The summed E-state index contributed by atoms with van der Waals surface area (Å²) in [6.45, 7) is 0. The fraction of sp³-hybridized carbons (Fsp3) is 0.133. The predicted octanol–water partition coefficient (Wildman–Crippen LogP) is 4.14. The number of rotatable bonds is 3. The second-order valence-corrected chi connectivity index (χ2v) is 4.96. The van der Waals surface area contributed by atoms with Crippen molar-refractivity contribution in [1.82, 2.24) is 0 Å². The monoisotopic (exact) mass is 330 g/mol. The van der Waals surface area contributed by atoms with E-state index in [2.05, 4.69) is 0 Å². The van der Waals surface area contributed by atoms with Crippen LogP contribution < -0.4 is 0 Å². The molecule has 2 aromatic rings. The Kier molecular flexibility index (Phi) is 4.44. The first-order chi connectivity index (χ1) is 10.2. The van der Waals surface area contributed by atoms with Gasteiger partial charge < -0.3 is 10.2 Å². The van der Waals surface area contributed by atoms with Gasteiger partial charge in [-0.15, -0.1) is 0 Å². The van der Waals surface area contributed by atoms with Crippen molar-refractivity contribution in [3.63, 3.8) is 0 Å². The molecule has 22 heavy (non-hydrogen) atoms. The molecule has 1 unspecified atom stereocenters. The van der Waals surface area contributed by atoms with Gasteiger partial charge in [-0.1, -0.05) is 29.8 Å². The molecule has 1 atom stereocenters. The first-order valence-corrected chi connectivity index (χ1v) is 6.46. The predicted molar refractivity (Wildman–Crippen MR) is 74.5 cm³/mol. The zero-order chi connectivity index (χ0) is 16.5. The standard InChI is InChI=1S/C15H10ClF3O3/c16-12-6-3-9(13(20)14(21)22)7-11(12)8-1-4-10(5-2-8)15(17,18)19/h1-7,13,20H,(H,21,22). The lowest BCUT2D eigenvalue weighted by Gasteiger charge is -2.12. The summed E-state index contributed by atoms with van der Waals surface area (Å²) in [7, 11) is 0. The molecule has 7 heteroatoms. The van der Waals surface area contributed by atoms with Crippen molar-refractivity contribution in [3.05, 3.63) is 58.6 Å². The molecule has 2 rings (SSSR count). The molecule has 0 radical (unpaired) electrons. The van der Waals surface area contributed by atoms with Crippen molar-refractivity contribution in [3.8, 4) is 11.1 Å². The van der Waals surface area contributed by atoms with Crippen molar-refractivity contribution in [1.29, 1.82) is 0 Å². The van der Waals surface area contributed by atoms with Crippen LogP contribution in [0.25, 0.3) is 11.1 Å². The van der Waals surface area contributed by atoms with E-state index in [-0.39, 0.29) is 10.6 Å². The Labute approximate surface area is 128 Å². The molecule has 0 saturated heterocycles. The largest absolute Gasteiger partial charge is 0.479 e. The number of carboxylic acid groups (broad SMARTS) is 1. The highest BCUT2D eigenvalue weighted by Crippen LogP contribution is 2.34. The van der Waals surface area contributed by atoms with Gasteiger partial charge in [-0.2, -0.15) is 13.2 Å². The lowest BCUT2D eigenvalue weighted by molar-refractivity contribution is -0.147. The normalized spacial score (nSPS) is 13.0. The van der Waals surface area contributed by atoms with E-state index < -0.39 is 23.8 Å². The van der Waals surface area contributed by atoms with Gasteiger partial charge in [0.05, 0.1) is 5.56 Å². The van der Waals surface area contributed by atoms with Gasteiger partial charge >= 0.3 is 12.1 Å². The minimum Gasteiger partial charge on any atom is -0.479 e. The molecular weight excluding hydrogens is 321 g/mol. The summed E-state index contributed by atoms with van der Waals surface area (Å²) in [5.74, 6) is -1.43. The number of benzene rings is 2. The lowest BCUT2D eigenvalue weighted by Crippen LogP contribution is -2.10. The first kappa shape index (κ1) is 16.3. The van der Waals surface area contributed by atoms with Crippen LogP contribution in [0.2, 0.25) is 5.02 Å². The van der Waals surface area contributed by atoms with Crippen LogP contribution in [0.5, 0.6) is 0 Å². The molecule has 0 bridgehead atoms. The third-order valence-corrected chi connectivity index (χ3v) is 3.39. The van der Waals surface area contributed by atoms with Crippen molar-refractivity contribution >= 4 is 17.6 Å². The number of halogens is 4. The van der Waals surface area contributed by atoms with Gasteiger partial charge in [0.15, 0.2) is 6.10 Å². The van der Waals surface area contributed by atoms with Gasteiger partial charge in [0.1, 0.15) is 0 Å². The SMILES string of the molecule is O=C(O)C(O)c1ccc(Cl)c(-c2ccc(C(F)(F)F)cc2)c1. The molecule has 2 N–H and O–H groups in total. The highest BCUT2D eigenvalue weighted by molar-refractivity contribution is 6.33. The maximum Gasteiger partial charge on any atom is 0.416 e. The van der Waals surface area contributed by atoms with E-state index in [0.29, 0.717) is 11.1 Å². The first-order valence-electron chi connectivity index (χ1n) is 6.08. The number of hydrogen-bond acceptors (Lipinski definition) is 2. The van der Waals surface area contributed by atoms with Gasteiger partial charge in [-0.05, 0) is 35.4 Å². The van der Waals surface area contributed by atoms with Gasteiger partial charge in [0, 0.05) is 10.6 Å². The van der Waals surface area contributed by atoms with E-state index in [9.17, 15) is 23.1 Å². The van der Waals surface area contributed by atoms with Crippen LogP contribution in [0.15, 0.2) is 42.5 Å². The minimum atomic E-state index is -4.44. The second kappa shape index (κ2) is 5.98. The minimum absolute atomic E-state index is 0.0896. The molecule has 2 aromatic carbocycles. The highest BCUT2D eigenvalue weighted by atomic mass is 35.5. The van der Waals surface area contributed by atoms with E-state index in [1.54, 1.807) is 0 Å². The molecule has 0 spiro atoms. The number of carbonyl (C=O) groups is 1. The summed E-state index contributed by atoms with van der Waals surface area (Å²) < 4.78 is 37.6. The molecule has 0 amide bonds. The Bertz CT molecular complexity index is 696. The molecule has 0 aromatic heterocycles. The molecule has 0 heterocycles. The molecule has 0 aliphatic carbocycles. The fourth-order valence-electron chi connectivity index (χ4n) is 1.92. The van der Waals surface area contributed by atoms with Crippen LogP contribution in [0.1, 0.15) is 17.2 Å². The maximum absolute atomic E-state index is 12.5. The Balaban J connectivity index is 2.44. The zero-order valence-electron chi connectivity index (χ0n) is 10.9. The van der Waals surface area contributed by atoms with Crippen molar-refractivity contribution in [2.75, 3.05) is 0 Å². The molecule has 0 fully saturated rings.